The highest BCUT2D eigenvalue weighted by Gasteiger charge is 2.16. The highest BCUT2D eigenvalue weighted by molar-refractivity contribution is 7.99. The summed E-state index contributed by atoms with van der Waals surface area (Å²) in [5, 5.41) is 6.32. The maximum Gasteiger partial charge on any atom is 0.225 e. The van der Waals surface area contributed by atoms with Gasteiger partial charge >= 0.3 is 0 Å². The normalized spacial score (nSPS) is 17.7. The number of anilines is 1. The number of carbonyl (C=O) groups excluding carboxylic acids is 1. The molecule has 1 unspecified atom stereocenters. The molecule has 0 aliphatic carbocycles. The Bertz CT molecular complexity index is 669. The zero-order chi connectivity index (χ0) is 16.1. The van der Waals surface area contributed by atoms with Crippen LogP contribution in [-0.2, 0) is 4.79 Å². The molecule has 1 aromatic heterocycles. The predicted molar refractivity (Wildman–Crippen MR) is 94.6 cm³/mol. The van der Waals surface area contributed by atoms with Gasteiger partial charge in [0.25, 0.3) is 0 Å². The van der Waals surface area contributed by atoms with Gasteiger partial charge in [-0.25, -0.2) is 9.97 Å². The van der Waals surface area contributed by atoms with E-state index in [1.165, 1.54) is 0 Å². The lowest BCUT2D eigenvalue weighted by Crippen LogP contribution is -2.39. The Kier molecular flexibility index (Phi) is 5.25. The van der Waals surface area contributed by atoms with Crippen LogP contribution in [0.15, 0.2) is 36.5 Å². The molecule has 0 spiro atoms. The van der Waals surface area contributed by atoms with Crippen molar-refractivity contribution in [1.29, 1.82) is 0 Å². The molecule has 2 heterocycles. The van der Waals surface area contributed by atoms with E-state index in [-0.39, 0.29) is 11.9 Å². The molecule has 1 aromatic carbocycles. The van der Waals surface area contributed by atoms with Gasteiger partial charge in [-0.1, -0.05) is 0 Å². The molecule has 0 radical (unpaired) electrons. The number of benzene rings is 1. The number of amides is 1. The topological polar surface area (TPSA) is 66.9 Å². The van der Waals surface area contributed by atoms with Crippen LogP contribution in [0.5, 0.6) is 0 Å². The number of carbonyl (C=O) groups is 1. The summed E-state index contributed by atoms with van der Waals surface area (Å²) in [5.41, 5.74) is 2.68. The first-order valence-corrected chi connectivity index (χ1v) is 8.87. The van der Waals surface area contributed by atoms with Gasteiger partial charge in [-0.05, 0) is 37.3 Å². The van der Waals surface area contributed by atoms with E-state index in [9.17, 15) is 4.79 Å². The third kappa shape index (κ3) is 4.53. The van der Waals surface area contributed by atoms with Gasteiger partial charge in [0.05, 0.1) is 0 Å². The summed E-state index contributed by atoms with van der Waals surface area (Å²) in [6.07, 6.45) is 2.26. The Morgan fingerprint density at radius 3 is 2.87 bits per heavy atom. The lowest BCUT2D eigenvalue weighted by molar-refractivity contribution is -0.116. The van der Waals surface area contributed by atoms with Gasteiger partial charge in [-0.3, -0.25) is 4.79 Å². The molecule has 2 N–H and O–H groups in total. The monoisotopic (exact) mass is 328 g/mol. The van der Waals surface area contributed by atoms with Crippen LogP contribution in [0, 0.1) is 6.92 Å². The smallest absolute Gasteiger partial charge is 0.225 e. The summed E-state index contributed by atoms with van der Waals surface area (Å²) in [6.45, 7) is 2.92. The molecule has 1 aliphatic heterocycles. The predicted octanol–water partition coefficient (Wildman–Crippen LogP) is 2.49. The van der Waals surface area contributed by atoms with E-state index in [2.05, 4.69) is 20.6 Å². The second-order valence-corrected chi connectivity index (χ2v) is 6.73. The Balaban J connectivity index is 1.59. The minimum Gasteiger partial charge on any atom is -0.326 e. The van der Waals surface area contributed by atoms with Crippen molar-refractivity contribution in [3.63, 3.8) is 0 Å². The fraction of sp³-hybridized carbons (Fsp3) is 0.353. The average molecular weight is 328 g/mol. The van der Waals surface area contributed by atoms with Gasteiger partial charge in [0, 0.05) is 53.7 Å². The van der Waals surface area contributed by atoms with E-state index in [0.29, 0.717) is 12.2 Å². The second-order valence-electron chi connectivity index (χ2n) is 5.58. The average Bonchev–Trinajstić information content (AvgIpc) is 2.56. The number of hydrogen-bond donors (Lipinski definition) is 2. The fourth-order valence-corrected chi connectivity index (χ4v) is 3.43. The lowest BCUT2D eigenvalue weighted by atomic mass is 10.1. The maximum absolute atomic E-state index is 12.1. The van der Waals surface area contributed by atoms with E-state index in [1.807, 2.05) is 49.0 Å². The summed E-state index contributed by atoms with van der Waals surface area (Å²) in [7, 11) is 0. The van der Waals surface area contributed by atoms with Crippen LogP contribution in [0.25, 0.3) is 11.4 Å². The Morgan fingerprint density at radius 1 is 1.35 bits per heavy atom. The van der Waals surface area contributed by atoms with Crippen molar-refractivity contribution in [2.75, 3.05) is 23.4 Å². The molecule has 23 heavy (non-hydrogen) atoms. The summed E-state index contributed by atoms with van der Waals surface area (Å²) in [6, 6.07) is 9.78. The minimum atomic E-state index is 0.0459. The molecule has 1 saturated heterocycles. The number of nitrogens with zero attached hydrogens (tertiary/aromatic N) is 2. The van der Waals surface area contributed by atoms with Gasteiger partial charge in [-0.15, -0.1) is 0 Å². The first-order valence-electron chi connectivity index (χ1n) is 7.72. The number of thioether (sulfide) groups is 1. The fourth-order valence-electron chi connectivity index (χ4n) is 2.48. The molecule has 6 heteroatoms. The van der Waals surface area contributed by atoms with Gasteiger partial charge in [-0.2, -0.15) is 11.8 Å². The molecule has 3 rings (SSSR count). The number of rotatable bonds is 4. The van der Waals surface area contributed by atoms with Crippen molar-refractivity contribution in [2.24, 2.45) is 0 Å². The molecule has 2 aromatic rings. The number of nitrogens with one attached hydrogen (secondary N) is 2. The molecular weight excluding hydrogens is 308 g/mol. The van der Waals surface area contributed by atoms with E-state index in [4.69, 9.17) is 0 Å². The largest absolute Gasteiger partial charge is 0.326 e. The van der Waals surface area contributed by atoms with Gasteiger partial charge in [0.2, 0.25) is 5.91 Å². The Hall–Kier alpha value is -1.92. The van der Waals surface area contributed by atoms with Crippen molar-refractivity contribution in [1.82, 2.24) is 15.3 Å². The number of hydrogen-bond acceptors (Lipinski definition) is 5. The third-order valence-corrected chi connectivity index (χ3v) is 4.78. The SMILES string of the molecule is Cc1ccnc(-c2ccc(NC(=O)CC3CSCCN3)cc2)n1. The van der Waals surface area contributed by atoms with Crippen molar-refractivity contribution in [3.05, 3.63) is 42.2 Å². The molecule has 5 nitrogen and oxygen atoms in total. The maximum atomic E-state index is 12.1. The first kappa shape index (κ1) is 16.0. The molecule has 1 fully saturated rings. The van der Waals surface area contributed by atoms with Crippen molar-refractivity contribution in [3.8, 4) is 11.4 Å². The van der Waals surface area contributed by atoms with Crippen LogP contribution in [0.2, 0.25) is 0 Å². The third-order valence-electron chi connectivity index (χ3n) is 3.65. The Labute approximate surface area is 140 Å². The molecule has 1 aliphatic rings. The lowest BCUT2D eigenvalue weighted by Gasteiger charge is -2.22. The second kappa shape index (κ2) is 7.57. The molecular formula is C17H20N4OS. The van der Waals surface area contributed by atoms with Crippen molar-refractivity contribution in [2.45, 2.75) is 19.4 Å². The Morgan fingerprint density at radius 2 is 2.17 bits per heavy atom. The van der Waals surface area contributed by atoms with Crippen LogP contribution < -0.4 is 10.6 Å². The summed E-state index contributed by atoms with van der Waals surface area (Å²) in [4.78, 5) is 20.8. The van der Waals surface area contributed by atoms with Crippen LogP contribution in [0.1, 0.15) is 12.1 Å². The molecule has 120 valence electrons. The quantitative estimate of drug-likeness (QED) is 0.902. The highest BCUT2D eigenvalue weighted by atomic mass is 32.2. The molecule has 0 bridgehead atoms. The summed E-state index contributed by atoms with van der Waals surface area (Å²) in [5.74, 6) is 2.87. The van der Waals surface area contributed by atoms with Crippen LogP contribution in [0.3, 0.4) is 0 Å². The number of aryl methyl sites for hydroxylation is 1. The van der Waals surface area contributed by atoms with Gasteiger partial charge in [0.15, 0.2) is 5.82 Å². The standard InChI is InChI=1S/C17H20N4OS/c1-12-6-7-19-17(20-12)13-2-4-14(5-3-13)21-16(22)10-15-11-23-9-8-18-15/h2-7,15,18H,8-11H2,1H3,(H,21,22). The van der Waals surface area contributed by atoms with Crippen molar-refractivity contribution < 1.29 is 4.79 Å². The summed E-state index contributed by atoms with van der Waals surface area (Å²) < 4.78 is 0. The van der Waals surface area contributed by atoms with E-state index in [1.54, 1.807) is 6.20 Å². The van der Waals surface area contributed by atoms with Crippen molar-refractivity contribution >= 4 is 23.4 Å². The zero-order valence-corrected chi connectivity index (χ0v) is 13.9. The first-order chi connectivity index (χ1) is 11.2. The van der Waals surface area contributed by atoms with Crippen LogP contribution in [0.4, 0.5) is 5.69 Å². The van der Waals surface area contributed by atoms with E-state index < -0.39 is 0 Å². The van der Waals surface area contributed by atoms with E-state index in [0.717, 1.165) is 35.0 Å². The highest BCUT2D eigenvalue weighted by Crippen LogP contribution is 2.18. The minimum absolute atomic E-state index is 0.0459. The summed E-state index contributed by atoms with van der Waals surface area (Å²) >= 11 is 1.90. The molecule has 1 amide bonds. The van der Waals surface area contributed by atoms with Gasteiger partial charge < -0.3 is 10.6 Å². The number of aromatic nitrogens is 2. The van der Waals surface area contributed by atoms with E-state index >= 15 is 0 Å². The van der Waals surface area contributed by atoms with Gasteiger partial charge in [0.1, 0.15) is 0 Å². The van der Waals surface area contributed by atoms with Crippen LogP contribution >= 0.6 is 11.8 Å². The molecule has 0 saturated carbocycles. The molecule has 1 atom stereocenters. The van der Waals surface area contributed by atoms with Crippen LogP contribution in [-0.4, -0.2) is 40.0 Å². The zero-order valence-electron chi connectivity index (χ0n) is 13.1.